The number of nitrogen functional groups attached to an aromatic ring is 1. The molecule has 1 atom stereocenters. The second-order valence-corrected chi connectivity index (χ2v) is 8.37. The van der Waals surface area contributed by atoms with Gasteiger partial charge in [-0.05, 0) is 49.2 Å². The van der Waals surface area contributed by atoms with Crippen LogP contribution in [0.15, 0.2) is 47.4 Å². The molecule has 2 rings (SSSR count). The first-order chi connectivity index (χ1) is 12.7. The molecule has 0 bridgehead atoms. The highest BCUT2D eigenvalue weighted by Crippen LogP contribution is 2.20. The van der Waals surface area contributed by atoms with Gasteiger partial charge in [0.25, 0.3) is 5.91 Å². The van der Waals surface area contributed by atoms with Gasteiger partial charge in [-0.15, -0.1) is 0 Å². The maximum atomic E-state index is 12.6. The number of nitrogens with two attached hydrogens (primary N) is 1. The molecule has 7 heteroatoms. The summed E-state index contributed by atoms with van der Waals surface area (Å²) < 4.78 is 26.5. The fourth-order valence-electron chi connectivity index (χ4n) is 2.88. The van der Waals surface area contributed by atoms with Crippen LogP contribution >= 0.6 is 0 Å². The van der Waals surface area contributed by atoms with Crippen molar-refractivity contribution < 1.29 is 13.2 Å². The molecule has 6 nitrogen and oxygen atoms in total. The normalized spacial score (nSPS) is 12.8. The van der Waals surface area contributed by atoms with Gasteiger partial charge >= 0.3 is 0 Å². The maximum Gasteiger partial charge on any atom is 0.252 e. The highest BCUT2D eigenvalue weighted by atomic mass is 32.2. The number of amides is 1. The van der Waals surface area contributed by atoms with Crippen LogP contribution in [0.25, 0.3) is 0 Å². The number of carbonyl (C=O) groups excluding carboxylic acids is 1. The third-order valence-corrected chi connectivity index (χ3v) is 6.64. The molecule has 0 saturated carbocycles. The first-order valence-electron chi connectivity index (χ1n) is 8.97. The van der Waals surface area contributed by atoms with Crippen molar-refractivity contribution >= 4 is 21.6 Å². The summed E-state index contributed by atoms with van der Waals surface area (Å²) in [4.78, 5) is 12.8. The van der Waals surface area contributed by atoms with Crippen LogP contribution in [0, 0.1) is 6.92 Å². The Labute approximate surface area is 161 Å². The predicted molar refractivity (Wildman–Crippen MR) is 108 cm³/mol. The van der Waals surface area contributed by atoms with Crippen LogP contribution in [0.2, 0.25) is 0 Å². The van der Waals surface area contributed by atoms with Crippen LogP contribution in [0.3, 0.4) is 0 Å². The van der Waals surface area contributed by atoms with Gasteiger partial charge in [-0.1, -0.05) is 32.0 Å². The number of hydrogen-bond acceptors (Lipinski definition) is 4. The number of nitrogens with one attached hydrogen (secondary N) is 1. The van der Waals surface area contributed by atoms with Crippen LogP contribution in [0.5, 0.6) is 0 Å². The Morgan fingerprint density at radius 2 is 1.70 bits per heavy atom. The number of hydrogen-bond donors (Lipinski definition) is 2. The summed E-state index contributed by atoms with van der Waals surface area (Å²) in [5.74, 6) is -0.216. The number of aryl methyl sites for hydroxylation is 1. The van der Waals surface area contributed by atoms with E-state index in [1.807, 2.05) is 33.8 Å². The second-order valence-electron chi connectivity index (χ2n) is 6.43. The first kappa shape index (κ1) is 20.9. The SMILES string of the molecule is CCN(CC)S(=O)(=O)c1ccc(C(C)NC(=O)c2cc(N)ccc2C)cc1. The molecule has 146 valence electrons. The minimum atomic E-state index is -3.49. The van der Waals surface area contributed by atoms with E-state index in [-0.39, 0.29) is 16.8 Å². The molecule has 2 aromatic carbocycles. The van der Waals surface area contributed by atoms with E-state index in [2.05, 4.69) is 5.32 Å². The Morgan fingerprint density at radius 1 is 1.11 bits per heavy atom. The Kier molecular flexibility index (Phi) is 6.62. The zero-order chi connectivity index (χ0) is 20.2. The summed E-state index contributed by atoms with van der Waals surface area (Å²) in [6.07, 6.45) is 0. The molecule has 2 aromatic rings. The second kappa shape index (κ2) is 8.54. The number of rotatable bonds is 7. The fraction of sp³-hybridized carbons (Fsp3) is 0.350. The van der Waals surface area contributed by atoms with E-state index in [0.717, 1.165) is 11.1 Å². The Hall–Kier alpha value is -2.38. The topological polar surface area (TPSA) is 92.5 Å². The van der Waals surface area contributed by atoms with Gasteiger partial charge < -0.3 is 11.1 Å². The number of carbonyl (C=O) groups is 1. The quantitative estimate of drug-likeness (QED) is 0.712. The van der Waals surface area contributed by atoms with Crippen molar-refractivity contribution in [2.75, 3.05) is 18.8 Å². The monoisotopic (exact) mass is 389 g/mol. The van der Waals surface area contributed by atoms with Gasteiger partial charge in [0.1, 0.15) is 0 Å². The molecule has 3 N–H and O–H groups in total. The summed E-state index contributed by atoms with van der Waals surface area (Å²) in [5.41, 5.74) is 8.50. The zero-order valence-corrected chi connectivity index (χ0v) is 17.0. The molecule has 1 amide bonds. The van der Waals surface area contributed by atoms with Gasteiger partial charge in [-0.2, -0.15) is 4.31 Å². The van der Waals surface area contributed by atoms with Crippen LogP contribution in [0.4, 0.5) is 5.69 Å². The van der Waals surface area contributed by atoms with Crippen LogP contribution in [0.1, 0.15) is 48.3 Å². The molecule has 0 aliphatic heterocycles. The molecular weight excluding hydrogens is 362 g/mol. The van der Waals surface area contributed by atoms with Crippen molar-refractivity contribution in [1.29, 1.82) is 0 Å². The number of benzene rings is 2. The summed E-state index contributed by atoms with van der Waals surface area (Å²) in [7, 11) is -3.49. The van der Waals surface area contributed by atoms with E-state index >= 15 is 0 Å². The fourth-order valence-corrected chi connectivity index (χ4v) is 4.34. The van der Waals surface area contributed by atoms with Crippen molar-refractivity contribution in [2.24, 2.45) is 0 Å². The summed E-state index contributed by atoms with van der Waals surface area (Å²) in [6, 6.07) is 11.6. The van der Waals surface area contributed by atoms with E-state index in [9.17, 15) is 13.2 Å². The average molecular weight is 390 g/mol. The minimum Gasteiger partial charge on any atom is -0.399 e. The van der Waals surface area contributed by atoms with E-state index in [4.69, 9.17) is 5.73 Å². The van der Waals surface area contributed by atoms with Gasteiger partial charge in [0, 0.05) is 24.3 Å². The lowest BCUT2D eigenvalue weighted by Crippen LogP contribution is -2.30. The lowest BCUT2D eigenvalue weighted by atomic mass is 10.1. The Morgan fingerprint density at radius 3 is 2.26 bits per heavy atom. The van der Waals surface area contributed by atoms with E-state index in [0.29, 0.717) is 24.3 Å². The smallest absolute Gasteiger partial charge is 0.252 e. The Balaban J connectivity index is 2.17. The third kappa shape index (κ3) is 4.67. The third-order valence-electron chi connectivity index (χ3n) is 4.58. The van der Waals surface area contributed by atoms with Gasteiger partial charge in [0.2, 0.25) is 10.0 Å². The van der Waals surface area contributed by atoms with Crippen molar-refractivity contribution in [2.45, 2.75) is 38.6 Å². The predicted octanol–water partition coefficient (Wildman–Crippen LogP) is 3.10. The molecule has 0 radical (unpaired) electrons. The molecule has 1 unspecified atom stereocenters. The van der Waals surface area contributed by atoms with Gasteiger partial charge in [-0.3, -0.25) is 4.79 Å². The van der Waals surface area contributed by atoms with Crippen molar-refractivity contribution in [3.63, 3.8) is 0 Å². The van der Waals surface area contributed by atoms with E-state index in [1.54, 1.807) is 36.4 Å². The van der Waals surface area contributed by atoms with Gasteiger partial charge in [-0.25, -0.2) is 8.42 Å². The molecular formula is C20H27N3O3S. The summed E-state index contributed by atoms with van der Waals surface area (Å²) >= 11 is 0. The maximum absolute atomic E-state index is 12.6. The number of sulfonamides is 1. The highest BCUT2D eigenvalue weighted by molar-refractivity contribution is 7.89. The van der Waals surface area contributed by atoms with Gasteiger partial charge in [0.15, 0.2) is 0 Å². The molecule has 0 spiro atoms. The molecule has 0 saturated heterocycles. The van der Waals surface area contributed by atoms with Crippen LogP contribution in [-0.2, 0) is 10.0 Å². The van der Waals surface area contributed by atoms with Crippen molar-refractivity contribution in [3.05, 3.63) is 59.2 Å². The molecule has 0 aromatic heterocycles. The average Bonchev–Trinajstić information content (AvgIpc) is 2.64. The Bertz CT molecular complexity index is 905. The summed E-state index contributed by atoms with van der Waals surface area (Å²) in [6.45, 7) is 8.18. The van der Waals surface area contributed by atoms with Crippen LogP contribution in [-0.4, -0.2) is 31.7 Å². The molecule has 0 heterocycles. The minimum absolute atomic E-state index is 0.216. The molecule has 0 aliphatic rings. The van der Waals surface area contributed by atoms with E-state index in [1.165, 1.54) is 4.31 Å². The molecule has 0 aliphatic carbocycles. The van der Waals surface area contributed by atoms with Crippen LogP contribution < -0.4 is 11.1 Å². The largest absolute Gasteiger partial charge is 0.399 e. The standard InChI is InChI=1S/C20H27N3O3S/c1-5-23(6-2)27(25,26)18-11-8-16(9-12-18)15(4)22-20(24)19-13-17(21)10-7-14(19)3/h7-13,15H,5-6,21H2,1-4H3,(H,22,24). The lowest BCUT2D eigenvalue weighted by molar-refractivity contribution is 0.0939. The molecule has 0 fully saturated rings. The van der Waals surface area contributed by atoms with Crippen molar-refractivity contribution in [1.82, 2.24) is 9.62 Å². The first-order valence-corrected chi connectivity index (χ1v) is 10.4. The number of nitrogens with zero attached hydrogens (tertiary/aromatic N) is 1. The summed E-state index contributed by atoms with van der Waals surface area (Å²) in [5, 5.41) is 2.93. The van der Waals surface area contributed by atoms with Gasteiger partial charge in [0.05, 0.1) is 10.9 Å². The zero-order valence-electron chi connectivity index (χ0n) is 16.2. The van der Waals surface area contributed by atoms with E-state index < -0.39 is 10.0 Å². The number of anilines is 1. The molecule has 27 heavy (non-hydrogen) atoms. The lowest BCUT2D eigenvalue weighted by Gasteiger charge is -2.19. The van der Waals surface area contributed by atoms with Crippen molar-refractivity contribution in [3.8, 4) is 0 Å². The highest BCUT2D eigenvalue weighted by Gasteiger charge is 2.22.